The van der Waals surface area contributed by atoms with Crippen LogP contribution >= 0.6 is 11.3 Å². The predicted molar refractivity (Wildman–Crippen MR) is 80.7 cm³/mol. The number of hydrogen-bond acceptors (Lipinski definition) is 5. The molecule has 7 heteroatoms. The van der Waals surface area contributed by atoms with Crippen LogP contribution in [0.15, 0.2) is 22.0 Å². The Kier molecular flexibility index (Phi) is 4.73. The summed E-state index contributed by atoms with van der Waals surface area (Å²) in [7, 11) is 0. The SMILES string of the molecule is CCCNc1ncc(Cn2cc(CC)c(=O)[nH]c2=O)s1. The molecule has 0 aliphatic rings. The second-order valence-corrected chi connectivity index (χ2v) is 5.57. The quantitative estimate of drug-likeness (QED) is 0.844. The van der Waals surface area contributed by atoms with Gasteiger partial charge in [-0.05, 0) is 12.8 Å². The fourth-order valence-corrected chi connectivity index (χ4v) is 2.62. The van der Waals surface area contributed by atoms with E-state index in [0.29, 0.717) is 18.5 Å². The van der Waals surface area contributed by atoms with Gasteiger partial charge in [0.25, 0.3) is 5.56 Å². The first kappa shape index (κ1) is 14.5. The Hall–Kier alpha value is -1.89. The molecule has 20 heavy (non-hydrogen) atoms. The van der Waals surface area contributed by atoms with Crippen molar-refractivity contribution in [1.29, 1.82) is 0 Å². The van der Waals surface area contributed by atoms with E-state index in [1.165, 1.54) is 15.9 Å². The van der Waals surface area contributed by atoms with Gasteiger partial charge in [-0.25, -0.2) is 9.78 Å². The van der Waals surface area contributed by atoms with Crippen molar-refractivity contribution in [2.75, 3.05) is 11.9 Å². The first-order valence-corrected chi connectivity index (χ1v) is 7.47. The number of aryl methyl sites for hydroxylation is 1. The maximum Gasteiger partial charge on any atom is 0.328 e. The van der Waals surface area contributed by atoms with Crippen molar-refractivity contribution in [1.82, 2.24) is 14.5 Å². The van der Waals surface area contributed by atoms with Gasteiger partial charge in [0.1, 0.15) is 0 Å². The molecule has 0 atom stereocenters. The van der Waals surface area contributed by atoms with Crippen molar-refractivity contribution in [3.8, 4) is 0 Å². The highest BCUT2D eigenvalue weighted by Gasteiger charge is 2.06. The molecule has 0 spiro atoms. The van der Waals surface area contributed by atoms with Crippen molar-refractivity contribution in [2.24, 2.45) is 0 Å². The molecule has 0 saturated heterocycles. The topological polar surface area (TPSA) is 79.8 Å². The number of anilines is 1. The van der Waals surface area contributed by atoms with E-state index in [0.717, 1.165) is 23.0 Å². The fraction of sp³-hybridized carbons (Fsp3) is 0.462. The summed E-state index contributed by atoms with van der Waals surface area (Å²) in [5.41, 5.74) is -0.0783. The monoisotopic (exact) mass is 294 g/mol. The van der Waals surface area contributed by atoms with Gasteiger partial charge in [0.05, 0.1) is 6.54 Å². The van der Waals surface area contributed by atoms with E-state index < -0.39 is 0 Å². The van der Waals surface area contributed by atoms with E-state index in [1.807, 2.05) is 6.92 Å². The number of aromatic amines is 1. The molecule has 0 radical (unpaired) electrons. The maximum absolute atomic E-state index is 11.8. The molecule has 0 aromatic carbocycles. The van der Waals surface area contributed by atoms with Crippen molar-refractivity contribution >= 4 is 16.5 Å². The third kappa shape index (κ3) is 3.36. The number of H-pyrrole nitrogens is 1. The lowest BCUT2D eigenvalue weighted by Crippen LogP contribution is -2.31. The summed E-state index contributed by atoms with van der Waals surface area (Å²) < 4.78 is 1.51. The van der Waals surface area contributed by atoms with E-state index >= 15 is 0 Å². The van der Waals surface area contributed by atoms with Crippen LogP contribution in [0.2, 0.25) is 0 Å². The Morgan fingerprint density at radius 2 is 2.20 bits per heavy atom. The summed E-state index contributed by atoms with van der Waals surface area (Å²) in [6, 6.07) is 0. The number of rotatable bonds is 6. The zero-order chi connectivity index (χ0) is 14.5. The largest absolute Gasteiger partial charge is 0.362 e. The Labute approximate surface area is 120 Å². The van der Waals surface area contributed by atoms with Gasteiger partial charge in [-0.15, -0.1) is 11.3 Å². The summed E-state index contributed by atoms with van der Waals surface area (Å²) in [6.07, 6.45) is 5.02. The van der Waals surface area contributed by atoms with Gasteiger partial charge in [-0.2, -0.15) is 0 Å². The minimum Gasteiger partial charge on any atom is -0.362 e. The highest BCUT2D eigenvalue weighted by Crippen LogP contribution is 2.18. The number of nitrogens with one attached hydrogen (secondary N) is 2. The Bertz CT molecular complexity index is 686. The first-order chi connectivity index (χ1) is 9.63. The third-order valence-electron chi connectivity index (χ3n) is 2.87. The molecule has 0 bridgehead atoms. The van der Waals surface area contributed by atoms with E-state index in [1.54, 1.807) is 12.4 Å². The molecule has 2 aromatic heterocycles. The van der Waals surface area contributed by atoms with Crippen LogP contribution in [0.4, 0.5) is 5.13 Å². The molecule has 108 valence electrons. The molecule has 2 aromatic rings. The van der Waals surface area contributed by atoms with Crippen molar-refractivity contribution in [3.63, 3.8) is 0 Å². The highest BCUT2D eigenvalue weighted by atomic mass is 32.1. The Morgan fingerprint density at radius 1 is 1.40 bits per heavy atom. The summed E-state index contributed by atoms with van der Waals surface area (Å²) in [5.74, 6) is 0. The van der Waals surface area contributed by atoms with Gasteiger partial charge in [0, 0.05) is 29.4 Å². The minimum absolute atomic E-state index is 0.302. The molecular formula is C13H18N4O2S. The van der Waals surface area contributed by atoms with Crippen LogP contribution in [0.3, 0.4) is 0 Å². The van der Waals surface area contributed by atoms with Crippen LogP contribution in [-0.2, 0) is 13.0 Å². The molecule has 0 saturated carbocycles. The zero-order valence-electron chi connectivity index (χ0n) is 11.6. The maximum atomic E-state index is 11.8. The van der Waals surface area contributed by atoms with Gasteiger partial charge in [-0.3, -0.25) is 14.3 Å². The van der Waals surface area contributed by atoms with Crippen molar-refractivity contribution in [3.05, 3.63) is 43.7 Å². The lowest BCUT2D eigenvalue weighted by atomic mass is 10.2. The van der Waals surface area contributed by atoms with Gasteiger partial charge >= 0.3 is 5.69 Å². The van der Waals surface area contributed by atoms with Gasteiger partial charge in [0.2, 0.25) is 0 Å². The van der Waals surface area contributed by atoms with Crippen LogP contribution in [0.1, 0.15) is 30.7 Å². The van der Waals surface area contributed by atoms with Crippen LogP contribution in [0, 0.1) is 0 Å². The molecule has 6 nitrogen and oxygen atoms in total. The summed E-state index contributed by atoms with van der Waals surface area (Å²) in [6.45, 7) is 5.28. The van der Waals surface area contributed by atoms with Gasteiger partial charge in [-0.1, -0.05) is 13.8 Å². The highest BCUT2D eigenvalue weighted by molar-refractivity contribution is 7.15. The lowest BCUT2D eigenvalue weighted by molar-refractivity contribution is 0.714. The van der Waals surface area contributed by atoms with E-state index in [9.17, 15) is 9.59 Å². The normalized spacial score (nSPS) is 10.7. The molecule has 0 fully saturated rings. The minimum atomic E-state index is -0.385. The number of nitrogens with zero attached hydrogens (tertiary/aromatic N) is 2. The summed E-state index contributed by atoms with van der Waals surface area (Å²) in [5, 5.41) is 4.07. The van der Waals surface area contributed by atoms with Crippen LogP contribution in [0.25, 0.3) is 0 Å². The molecular weight excluding hydrogens is 276 g/mol. The molecule has 0 amide bonds. The molecule has 2 heterocycles. The van der Waals surface area contributed by atoms with E-state index in [4.69, 9.17) is 0 Å². The second-order valence-electron chi connectivity index (χ2n) is 4.45. The molecule has 0 aliphatic heterocycles. The van der Waals surface area contributed by atoms with Crippen molar-refractivity contribution in [2.45, 2.75) is 33.2 Å². The standard InChI is InChI=1S/C13H18N4O2S/c1-3-5-14-12-15-6-10(20-12)8-17-7-9(4-2)11(18)16-13(17)19/h6-7H,3-5,8H2,1-2H3,(H,14,15)(H,16,18,19). The number of thiazole rings is 1. The van der Waals surface area contributed by atoms with Crippen LogP contribution < -0.4 is 16.6 Å². The molecule has 2 N–H and O–H groups in total. The zero-order valence-corrected chi connectivity index (χ0v) is 12.4. The van der Waals surface area contributed by atoms with Gasteiger partial charge in [0.15, 0.2) is 5.13 Å². The van der Waals surface area contributed by atoms with E-state index in [-0.39, 0.29) is 11.2 Å². The van der Waals surface area contributed by atoms with E-state index in [2.05, 4.69) is 22.2 Å². The second kappa shape index (κ2) is 6.51. The molecule has 2 rings (SSSR count). The predicted octanol–water partition coefficient (Wildman–Crippen LogP) is 1.43. The van der Waals surface area contributed by atoms with Crippen LogP contribution in [-0.4, -0.2) is 21.1 Å². The molecule has 0 aliphatic carbocycles. The third-order valence-corrected chi connectivity index (χ3v) is 3.81. The number of aromatic nitrogens is 3. The smallest absolute Gasteiger partial charge is 0.328 e. The van der Waals surface area contributed by atoms with Gasteiger partial charge < -0.3 is 5.32 Å². The van der Waals surface area contributed by atoms with Crippen LogP contribution in [0.5, 0.6) is 0 Å². The fourth-order valence-electron chi connectivity index (χ4n) is 1.79. The number of hydrogen-bond donors (Lipinski definition) is 2. The average molecular weight is 294 g/mol. The lowest BCUT2D eigenvalue weighted by Gasteiger charge is -2.04. The van der Waals surface area contributed by atoms with Crippen molar-refractivity contribution < 1.29 is 0 Å². The molecule has 0 unspecified atom stereocenters. The first-order valence-electron chi connectivity index (χ1n) is 6.65. The summed E-state index contributed by atoms with van der Waals surface area (Å²) in [4.78, 5) is 30.8. The Morgan fingerprint density at radius 3 is 2.90 bits per heavy atom. The Balaban J connectivity index is 2.19. The average Bonchev–Trinajstić information content (AvgIpc) is 2.87. The summed E-state index contributed by atoms with van der Waals surface area (Å²) >= 11 is 1.52.